The summed E-state index contributed by atoms with van der Waals surface area (Å²) >= 11 is 4.38. The summed E-state index contributed by atoms with van der Waals surface area (Å²) in [6.45, 7) is 3.10. The van der Waals surface area contributed by atoms with Gasteiger partial charge >= 0.3 is 0 Å². The molecule has 0 radical (unpaired) electrons. The molecule has 3 aromatic rings. The summed E-state index contributed by atoms with van der Waals surface area (Å²) in [5, 5.41) is 0.673. The first-order valence-electron chi connectivity index (χ1n) is 9.36. The van der Waals surface area contributed by atoms with E-state index in [1.807, 2.05) is 24.3 Å². The van der Waals surface area contributed by atoms with Gasteiger partial charge in [0.1, 0.15) is 11.5 Å². The zero-order valence-electron chi connectivity index (χ0n) is 17.6. The van der Waals surface area contributed by atoms with E-state index in [1.54, 1.807) is 52.0 Å². The van der Waals surface area contributed by atoms with E-state index in [4.69, 9.17) is 9.47 Å². The number of carbonyl (C=O) groups is 2. The van der Waals surface area contributed by atoms with E-state index in [2.05, 4.69) is 9.36 Å². The standard InChI is InChI=1S/C22H22N2O4S3/c1-13(25)15-5-7-19(27-3)17(9-15)11-29-21-23-22(31-24-21)30-12-18-10-16(14(2)26)6-8-20(18)28-4/h5-10H,11-12H2,1-4H3. The van der Waals surface area contributed by atoms with Gasteiger partial charge in [0, 0.05) is 33.8 Å². The topological polar surface area (TPSA) is 78.4 Å². The quantitative estimate of drug-likeness (QED) is 0.280. The van der Waals surface area contributed by atoms with Crippen LogP contribution in [0.3, 0.4) is 0 Å². The molecule has 0 bridgehead atoms. The summed E-state index contributed by atoms with van der Waals surface area (Å²) in [4.78, 5) is 27.9. The molecule has 0 saturated carbocycles. The fourth-order valence-corrected chi connectivity index (χ4v) is 5.40. The van der Waals surface area contributed by atoms with Gasteiger partial charge in [-0.1, -0.05) is 23.5 Å². The van der Waals surface area contributed by atoms with E-state index in [0.717, 1.165) is 27.0 Å². The zero-order chi connectivity index (χ0) is 22.4. The average Bonchev–Trinajstić information content (AvgIpc) is 3.23. The lowest BCUT2D eigenvalue weighted by Crippen LogP contribution is -1.97. The van der Waals surface area contributed by atoms with Gasteiger partial charge in [-0.15, -0.1) is 0 Å². The van der Waals surface area contributed by atoms with E-state index >= 15 is 0 Å². The van der Waals surface area contributed by atoms with Crippen molar-refractivity contribution in [3.8, 4) is 11.5 Å². The minimum Gasteiger partial charge on any atom is -0.496 e. The van der Waals surface area contributed by atoms with Gasteiger partial charge in [0.05, 0.1) is 14.2 Å². The molecule has 0 fully saturated rings. The van der Waals surface area contributed by atoms with Crippen molar-refractivity contribution in [2.24, 2.45) is 0 Å². The van der Waals surface area contributed by atoms with E-state index < -0.39 is 0 Å². The van der Waals surface area contributed by atoms with Crippen molar-refractivity contribution < 1.29 is 19.1 Å². The SMILES string of the molecule is COc1ccc(C(C)=O)cc1CSc1nsc(SCc2cc(C(C)=O)ccc2OC)n1. The molecule has 0 spiro atoms. The Morgan fingerprint density at radius 3 is 1.87 bits per heavy atom. The molecule has 2 aromatic carbocycles. The summed E-state index contributed by atoms with van der Waals surface area (Å²) < 4.78 is 16.1. The molecule has 0 amide bonds. The van der Waals surface area contributed by atoms with Crippen LogP contribution in [-0.4, -0.2) is 35.1 Å². The minimum atomic E-state index is 0.0173. The molecule has 1 aromatic heterocycles. The Balaban J connectivity index is 1.65. The molecule has 0 atom stereocenters. The first-order chi connectivity index (χ1) is 14.9. The molecule has 9 heteroatoms. The molecule has 162 valence electrons. The Bertz CT molecular complexity index is 1010. The molecule has 0 saturated heterocycles. The number of benzene rings is 2. The van der Waals surface area contributed by atoms with Crippen LogP contribution in [0.15, 0.2) is 45.9 Å². The highest BCUT2D eigenvalue weighted by Crippen LogP contribution is 2.33. The molecule has 0 N–H and O–H groups in total. The molecule has 0 aliphatic rings. The highest BCUT2D eigenvalue weighted by atomic mass is 32.2. The van der Waals surface area contributed by atoms with Crippen molar-refractivity contribution in [3.63, 3.8) is 0 Å². The van der Waals surface area contributed by atoms with Crippen molar-refractivity contribution >= 4 is 46.6 Å². The van der Waals surface area contributed by atoms with E-state index in [0.29, 0.717) is 27.8 Å². The van der Waals surface area contributed by atoms with E-state index in [9.17, 15) is 9.59 Å². The number of ether oxygens (including phenoxy) is 2. The van der Waals surface area contributed by atoms with Crippen LogP contribution >= 0.6 is 35.1 Å². The van der Waals surface area contributed by atoms with Gasteiger partial charge in [-0.3, -0.25) is 9.59 Å². The van der Waals surface area contributed by atoms with Crippen LogP contribution in [0.2, 0.25) is 0 Å². The molecule has 1 heterocycles. The minimum absolute atomic E-state index is 0.0173. The zero-order valence-corrected chi connectivity index (χ0v) is 20.1. The second-order valence-electron chi connectivity index (χ2n) is 6.59. The Hall–Kier alpha value is -2.36. The average molecular weight is 475 g/mol. The van der Waals surface area contributed by atoms with Gasteiger partial charge in [0.2, 0.25) is 5.16 Å². The summed E-state index contributed by atoms with van der Waals surface area (Å²) in [5.74, 6) is 2.74. The highest BCUT2D eigenvalue weighted by Gasteiger charge is 2.13. The number of aromatic nitrogens is 2. The highest BCUT2D eigenvalue weighted by molar-refractivity contribution is 8.00. The third-order valence-electron chi connectivity index (χ3n) is 4.47. The Kier molecular flexibility index (Phi) is 8.11. The smallest absolute Gasteiger partial charge is 0.201 e. The second-order valence-corrected chi connectivity index (χ2v) is 9.50. The number of nitrogens with zero attached hydrogens (tertiary/aromatic N) is 2. The second kappa shape index (κ2) is 10.8. The summed E-state index contributed by atoms with van der Waals surface area (Å²) in [5.41, 5.74) is 3.18. The van der Waals surface area contributed by atoms with Gasteiger partial charge in [-0.2, -0.15) is 4.37 Å². The lowest BCUT2D eigenvalue weighted by atomic mass is 10.1. The molecule has 0 aliphatic carbocycles. The van der Waals surface area contributed by atoms with Crippen LogP contribution in [0.5, 0.6) is 11.5 Å². The number of hydrogen-bond donors (Lipinski definition) is 0. The van der Waals surface area contributed by atoms with Crippen LogP contribution in [0, 0.1) is 0 Å². The van der Waals surface area contributed by atoms with Crippen LogP contribution in [-0.2, 0) is 11.5 Å². The number of rotatable bonds is 10. The molecule has 0 unspecified atom stereocenters. The van der Waals surface area contributed by atoms with Gasteiger partial charge < -0.3 is 9.47 Å². The van der Waals surface area contributed by atoms with Gasteiger partial charge in [0.15, 0.2) is 15.9 Å². The molecule has 0 aliphatic heterocycles. The maximum Gasteiger partial charge on any atom is 0.201 e. The Morgan fingerprint density at radius 2 is 1.39 bits per heavy atom. The monoisotopic (exact) mass is 474 g/mol. The van der Waals surface area contributed by atoms with Gasteiger partial charge in [0.25, 0.3) is 0 Å². The van der Waals surface area contributed by atoms with Crippen molar-refractivity contribution in [1.82, 2.24) is 9.36 Å². The predicted octanol–water partition coefficient (Wildman–Crippen LogP) is 5.55. The fourth-order valence-electron chi connectivity index (χ4n) is 2.82. The van der Waals surface area contributed by atoms with Crippen molar-refractivity contribution in [2.45, 2.75) is 34.8 Å². The predicted molar refractivity (Wildman–Crippen MR) is 125 cm³/mol. The number of methoxy groups -OCH3 is 2. The maximum atomic E-state index is 11.7. The Morgan fingerprint density at radius 1 is 0.871 bits per heavy atom. The summed E-state index contributed by atoms with van der Waals surface area (Å²) in [6, 6.07) is 10.9. The first-order valence-corrected chi connectivity index (χ1v) is 12.1. The van der Waals surface area contributed by atoms with Crippen LogP contribution in [0.25, 0.3) is 0 Å². The lowest BCUT2D eigenvalue weighted by molar-refractivity contribution is 0.100. The lowest BCUT2D eigenvalue weighted by Gasteiger charge is -2.09. The van der Waals surface area contributed by atoms with Gasteiger partial charge in [-0.05, 0) is 61.8 Å². The number of ketones is 2. The molecular weight excluding hydrogens is 452 g/mol. The molecule has 6 nitrogen and oxygen atoms in total. The third kappa shape index (κ3) is 6.09. The molecule has 31 heavy (non-hydrogen) atoms. The van der Waals surface area contributed by atoms with Gasteiger partial charge in [-0.25, -0.2) is 4.98 Å². The third-order valence-corrected chi connectivity index (χ3v) is 7.36. The van der Waals surface area contributed by atoms with E-state index in [-0.39, 0.29) is 11.6 Å². The van der Waals surface area contributed by atoms with Crippen molar-refractivity contribution in [1.29, 1.82) is 0 Å². The van der Waals surface area contributed by atoms with Crippen LogP contribution < -0.4 is 9.47 Å². The number of carbonyl (C=O) groups excluding carboxylic acids is 2. The maximum absolute atomic E-state index is 11.7. The normalized spacial score (nSPS) is 10.7. The van der Waals surface area contributed by atoms with Crippen molar-refractivity contribution in [3.05, 3.63) is 58.7 Å². The largest absolute Gasteiger partial charge is 0.496 e. The number of hydrogen-bond acceptors (Lipinski definition) is 9. The molecular formula is C22H22N2O4S3. The Labute approximate surface area is 193 Å². The fraction of sp³-hybridized carbons (Fsp3) is 0.273. The molecule has 3 rings (SSSR count). The number of Topliss-reactive ketones (excluding diaryl/α,β-unsaturated/α-hetero) is 2. The van der Waals surface area contributed by atoms with Crippen molar-refractivity contribution in [2.75, 3.05) is 14.2 Å². The van der Waals surface area contributed by atoms with E-state index in [1.165, 1.54) is 23.3 Å². The number of thioether (sulfide) groups is 2. The van der Waals surface area contributed by atoms with Crippen LogP contribution in [0.1, 0.15) is 45.7 Å². The van der Waals surface area contributed by atoms with Crippen LogP contribution in [0.4, 0.5) is 0 Å². The summed E-state index contributed by atoms with van der Waals surface area (Å²) in [6.07, 6.45) is 0. The first kappa shape index (κ1) is 23.3. The summed E-state index contributed by atoms with van der Waals surface area (Å²) in [7, 11) is 3.23.